The number of rotatable bonds is 5. The molecule has 0 radical (unpaired) electrons. The number of anilines is 1. The normalized spacial score (nSPS) is 26.0. The number of ether oxygens (including phenoxy) is 2. The monoisotopic (exact) mass is 470 g/mol. The van der Waals surface area contributed by atoms with Crippen LogP contribution in [0, 0.1) is 24.7 Å². The highest BCUT2D eigenvalue weighted by Gasteiger charge is 2.40. The molecule has 1 fully saturated rings. The van der Waals surface area contributed by atoms with Crippen molar-refractivity contribution in [2.45, 2.75) is 79.1 Å². The van der Waals surface area contributed by atoms with E-state index in [4.69, 9.17) is 9.47 Å². The van der Waals surface area contributed by atoms with Gasteiger partial charge in [0.05, 0.1) is 16.4 Å². The topological polar surface area (TPSA) is 68.7 Å². The summed E-state index contributed by atoms with van der Waals surface area (Å²) in [5.41, 5.74) is 2.32. The lowest BCUT2D eigenvalue weighted by Crippen LogP contribution is -2.52. The van der Waals surface area contributed by atoms with Crippen molar-refractivity contribution in [2.24, 2.45) is 17.8 Å². The van der Waals surface area contributed by atoms with Gasteiger partial charge in [-0.25, -0.2) is 9.78 Å². The van der Waals surface area contributed by atoms with Gasteiger partial charge in [-0.15, -0.1) is 11.3 Å². The molecule has 0 saturated heterocycles. The van der Waals surface area contributed by atoms with Crippen molar-refractivity contribution >= 4 is 28.9 Å². The van der Waals surface area contributed by atoms with Crippen LogP contribution in [-0.4, -0.2) is 35.1 Å². The molecular weight excluding hydrogens is 436 g/mol. The third-order valence-electron chi connectivity index (χ3n) is 6.98. The summed E-state index contributed by atoms with van der Waals surface area (Å²) in [6.45, 7) is 12.0. The first-order chi connectivity index (χ1) is 15.7. The number of esters is 1. The SMILES string of the molecule is Cc1nc(-c2ccc3c(c2)N(C(C)C(=O)OC2CC(C)CCC2C(C)C)C(=O)C(C)O3)cs1. The van der Waals surface area contributed by atoms with Gasteiger partial charge in [0, 0.05) is 10.9 Å². The number of aryl methyl sites for hydroxylation is 1. The van der Waals surface area contributed by atoms with Crippen LogP contribution < -0.4 is 9.64 Å². The van der Waals surface area contributed by atoms with Gasteiger partial charge >= 0.3 is 5.97 Å². The molecule has 2 heterocycles. The van der Waals surface area contributed by atoms with Crippen LogP contribution in [0.3, 0.4) is 0 Å². The summed E-state index contributed by atoms with van der Waals surface area (Å²) in [5.74, 6) is 1.31. The molecule has 5 unspecified atom stereocenters. The second-order valence-electron chi connectivity index (χ2n) is 9.88. The van der Waals surface area contributed by atoms with Crippen molar-refractivity contribution in [1.82, 2.24) is 4.98 Å². The van der Waals surface area contributed by atoms with E-state index in [0.29, 0.717) is 29.2 Å². The first-order valence-electron chi connectivity index (χ1n) is 11.9. The summed E-state index contributed by atoms with van der Waals surface area (Å²) in [6.07, 6.45) is 2.33. The third kappa shape index (κ3) is 4.79. The molecule has 0 N–H and O–H groups in total. The number of carbonyl (C=O) groups excluding carboxylic acids is 2. The van der Waals surface area contributed by atoms with Gasteiger partial charge in [0.15, 0.2) is 6.10 Å². The van der Waals surface area contributed by atoms with E-state index < -0.39 is 12.1 Å². The number of thiazole rings is 1. The number of aromatic nitrogens is 1. The number of hydrogen-bond donors (Lipinski definition) is 0. The zero-order valence-electron chi connectivity index (χ0n) is 20.3. The van der Waals surface area contributed by atoms with Crippen molar-refractivity contribution in [3.8, 4) is 17.0 Å². The van der Waals surface area contributed by atoms with Crippen molar-refractivity contribution in [3.05, 3.63) is 28.6 Å². The van der Waals surface area contributed by atoms with Gasteiger partial charge in [0.1, 0.15) is 17.9 Å². The number of nitrogens with zero attached hydrogens (tertiary/aromatic N) is 2. The molecule has 1 amide bonds. The van der Waals surface area contributed by atoms with Crippen LogP contribution in [0.25, 0.3) is 11.3 Å². The van der Waals surface area contributed by atoms with Crippen LogP contribution in [0.4, 0.5) is 5.69 Å². The zero-order valence-corrected chi connectivity index (χ0v) is 21.1. The second-order valence-corrected chi connectivity index (χ2v) is 10.9. The van der Waals surface area contributed by atoms with Crippen molar-refractivity contribution < 1.29 is 19.1 Å². The summed E-state index contributed by atoms with van der Waals surface area (Å²) in [7, 11) is 0. The van der Waals surface area contributed by atoms with Crippen LogP contribution in [-0.2, 0) is 14.3 Å². The van der Waals surface area contributed by atoms with E-state index in [1.807, 2.05) is 30.5 Å². The molecule has 0 bridgehead atoms. The van der Waals surface area contributed by atoms with E-state index in [9.17, 15) is 9.59 Å². The Bertz CT molecular complexity index is 1030. The number of fused-ring (bicyclic) bond motifs is 1. The number of benzene rings is 1. The molecule has 1 aromatic carbocycles. The third-order valence-corrected chi connectivity index (χ3v) is 7.75. The highest BCUT2D eigenvalue weighted by Crippen LogP contribution is 2.40. The van der Waals surface area contributed by atoms with E-state index in [-0.39, 0.29) is 18.0 Å². The Morgan fingerprint density at radius 1 is 1.24 bits per heavy atom. The van der Waals surface area contributed by atoms with Gasteiger partial charge in [-0.3, -0.25) is 9.69 Å². The maximum Gasteiger partial charge on any atom is 0.329 e. The molecule has 5 atom stereocenters. The van der Waals surface area contributed by atoms with E-state index in [2.05, 4.69) is 25.8 Å². The predicted octanol–water partition coefficient (Wildman–Crippen LogP) is 5.62. The first kappa shape index (κ1) is 23.7. The molecule has 7 heteroatoms. The Hall–Kier alpha value is -2.41. The highest BCUT2D eigenvalue weighted by atomic mass is 32.1. The van der Waals surface area contributed by atoms with Gasteiger partial charge in [0.2, 0.25) is 0 Å². The average molecular weight is 471 g/mol. The fourth-order valence-electron chi connectivity index (χ4n) is 5.02. The Kier molecular flexibility index (Phi) is 6.80. The summed E-state index contributed by atoms with van der Waals surface area (Å²) < 4.78 is 11.9. The molecule has 33 heavy (non-hydrogen) atoms. The number of amides is 1. The fraction of sp³-hybridized carbons (Fsp3) is 0.577. The Morgan fingerprint density at radius 3 is 2.67 bits per heavy atom. The van der Waals surface area contributed by atoms with Gasteiger partial charge in [0.25, 0.3) is 5.91 Å². The smallest absolute Gasteiger partial charge is 0.329 e. The summed E-state index contributed by atoms with van der Waals surface area (Å²) in [4.78, 5) is 32.6. The number of hydrogen-bond acceptors (Lipinski definition) is 6. The molecule has 0 spiro atoms. The molecule has 1 aliphatic heterocycles. The molecule has 1 saturated carbocycles. The lowest BCUT2D eigenvalue weighted by Gasteiger charge is -2.39. The van der Waals surface area contributed by atoms with E-state index in [1.165, 1.54) is 0 Å². The lowest BCUT2D eigenvalue weighted by molar-refractivity contribution is -0.158. The molecular formula is C26H34N2O4S. The van der Waals surface area contributed by atoms with Crippen molar-refractivity contribution in [1.29, 1.82) is 0 Å². The quantitative estimate of drug-likeness (QED) is 0.530. The highest BCUT2D eigenvalue weighted by molar-refractivity contribution is 7.09. The lowest BCUT2D eigenvalue weighted by atomic mass is 9.75. The van der Waals surface area contributed by atoms with Crippen LogP contribution in [0.2, 0.25) is 0 Å². The first-order valence-corrected chi connectivity index (χ1v) is 12.8. The molecule has 2 aromatic rings. The minimum atomic E-state index is -0.750. The van der Waals surface area contributed by atoms with Gasteiger partial charge in [-0.2, -0.15) is 0 Å². The Morgan fingerprint density at radius 2 is 2.00 bits per heavy atom. The molecule has 178 valence electrons. The summed E-state index contributed by atoms with van der Waals surface area (Å²) >= 11 is 1.57. The van der Waals surface area contributed by atoms with E-state index in [1.54, 1.807) is 30.1 Å². The van der Waals surface area contributed by atoms with Crippen molar-refractivity contribution in [3.63, 3.8) is 0 Å². The second kappa shape index (κ2) is 9.45. The zero-order chi connectivity index (χ0) is 23.9. The van der Waals surface area contributed by atoms with Gasteiger partial charge in [-0.05, 0) is 69.6 Å². The fourth-order valence-corrected chi connectivity index (χ4v) is 5.64. The number of carbonyl (C=O) groups is 2. The minimum absolute atomic E-state index is 0.110. The summed E-state index contributed by atoms with van der Waals surface area (Å²) in [5, 5.41) is 2.96. The molecule has 2 aliphatic rings. The maximum absolute atomic E-state index is 13.3. The van der Waals surface area contributed by atoms with E-state index in [0.717, 1.165) is 35.5 Å². The van der Waals surface area contributed by atoms with Crippen LogP contribution in [0.15, 0.2) is 23.6 Å². The van der Waals surface area contributed by atoms with Crippen LogP contribution in [0.1, 0.15) is 58.9 Å². The standard InChI is InChI=1S/C26H34N2O4S/c1-14(2)20-9-7-15(3)11-24(20)32-26(30)16(4)28-22-12-19(21-13-33-18(6)27-21)8-10-23(22)31-17(5)25(28)29/h8,10,12-17,20,24H,7,9,11H2,1-6H3. The Balaban J connectivity index is 1.62. The predicted molar refractivity (Wildman–Crippen MR) is 131 cm³/mol. The minimum Gasteiger partial charge on any atom is -0.479 e. The summed E-state index contributed by atoms with van der Waals surface area (Å²) in [6, 6.07) is 4.93. The van der Waals surface area contributed by atoms with Gasteiger partial charge in [-0.1, -0.05) is 27.2 Å². The molecule has 1 aliphatic carbocycles. The van der Waals surface area contributed by atoms with Gasteiger partial charge < -0.3 is 9.47 Å². The molecule has 6 nitrogen and oxygen atoms in total. The molecule has 4 rings (SSSR count). The largest absolute Gasteiger partial charge is 0.479 e. The van der Waals surface area contributed by atoms with Crippen molar-refractivity contribution in [2.75, 3.05) is 4.90 Å². The van der Waals surface area contributed by atoms with Crippen LogP contribution >= 0.6 is 11.3 Å². The average Bonchev–Trinajstić information content (AvgIpc) is 3.20. The van der Waals surface area contributed by atoms with E-state index >= 15 is 0 Å². The molecule has 1 aromatic heterocycles. The Labute approximate surface area is 200 Å². The van der Waals surface area contributed by atoms with Crippen LogP contribution in [0.5, 0.6) is 5.75 Å². The maximum atomic E-state index is 13.3.